The number of halogens is 1. The van der Waals surface area contributed by atoms with Crippen LogP contribution in [0.3, 0.4) is 0 Å². The smallest absolute Gasteiger partial charge is 0.161 e. The number of allylic oxidation sites excluding steroid dienone is 3. The number of methoxy groups -OCH3 is 1. The fourth-order valence-electron chi connectivity index (χ4n) is 1.45. The van der Waals surface area contributed by atoms with Crippen molar-refractivity contribution in [2.75, 3.05) is 13.7 Å². The minimum Gasteiger partial charge on any atom is -0.494 e. The first-order chi connectivity index (χ1) is 6.27. The maximum absolute atomic E-state index is 13.1. The third-order valence-electron chi connectivity index (χ3n) is 2.18. The van der Waals surface area contributed by atoms with Crippen LogP contribution in [-0.2, 0) is 4.74 Å². The van der Waals surface area contributed by atoms with Crippen LogP contribution in [0.4, 0.5) is 4.39 Å². The largest absolute Gasteiger partial charge is 0.494 e. The molecule has 0 spiro atoms. The lowest BCUT2D eigenvalue weighted by molar-refractivity contribution is 0.265. The van der Waals surface area contributed by atoms with Crippen molar-refractivity contribution in [2.24, 2.45) is 5.92 Å². The van der Waals surface area contributed by atoms with Gasteiger partial charge in [-0.3, -0.25) is 0 Å². The number of aliphatic hydroxyl groups excluding tert-OH is 1. The van der Waals surface area contributed by atoms with E-state index in [-0.39, 0.29) is 18.4 Å². The summed E-state index contributed by atoms with van der Waals surface area (Å²) in [5.41, 5.74) is 0. The van der Waals surface area contributed by atoms with Gasteiger partial charge in [-0.15, -0.1) is 0 Å². The molecule has 13 heavy (non-hydrogen) atoms. The highest BCUT2D eigenvalue weighted by Crippen LogP contribution is 2.26. The minimum atomic E-state index is -0.281. The maximum atomic E-state index is 13.1. The third-order valence-corrected chi connectivity index (χ3v) is 2.18. The third kappa shape index (κ3) is 2.84. The van der Waals surface area contributed by atoms with Crippen molar-refractivity contribution in [1.29, 1.82) is 0 Å². The Balaban J connectivity index is 2.46. The molecule has 1 atom stereocenters. The Kier molecular flexibility index (Phi) is 3.96. The molecular formula is C10H15FO2. The molecule has 0 aromatic carbocycles. The lowest BCUT2D eigenvalue weighted by atomic mass is 9.95. The molecule has 1 aliphatic rings. The van der Waals surface area contributed by atoms with Crippen LogP contribution in [0.25, 0.3) is 0 Å². The first-order valence-electron chi connectivity index (χ1n) is 4.50. The van der Waals surface area contributed by atoms with Gasteiger partial charge in [0, 0.05) is 6.61 Å². The van der Waals surface area contributed by atoms with Crippen LogP contribution < -0.4 is 0 Å². The van der Waals surface area contributed by atoms with Gasteiger partial charge in [-0.05, 0) is 37.3 Å². The molecule has 1 N–H and O–H groups in total. The molecule has 74 valence electrons. The highest BCUT2D eigenvalue weighted by Gasteiger charge is 2.15. The van der Waals surface area contributed by atoms with Crippen LogP contribution >= 0.6 is 0 Å². The molecule has 0 bridgehead atoms. The zero-order valence-electron chi connectivity index (χ0n) is 7.79. The van der Waals surface area contributed by atoms with Gasteiger partial charge in [0.1, 0.15) is 5.76 Å². The van der Waals surface area contributed by atoms with Crippen molar-refractivity contribution in [3.63, 3.8) is 0 Å². The molecule has 0 aromatic heterocycles. The van der Waals surface area contributed by atoms with Crippen LogP contribution in [0.5, 0.6) is 0 Å². The molecule has 2 nitrogen and oxygen atoms in total. The molecule has 0 radical (unpaired) electrons. The van der Waals surface area contributed by atoms with Gasteiger partial charge in [-0.1, -0.05) is 0 Å². The Morgan fingerprint density at radius 3 is 3.00 bits per heavy atom. The second kappa shape index (κ2) is 5.02. The lowest BCUT2D eigenvalue weighted by Crippen LogP contribution is -2.04. The van der Waals surface area contributed by atoms with E-state index in [0.717, 1.165) is 19.3 Å². The Morgan fingerprint density at radius 1 is 1.69 bits per heavy atom. The number of ether oxygens (including phenoxy) is 1. The normalized spacial score (nSPS) is 22.2. The van der Waals surface area contributed by atoms with Gasteiger partial charge in [-0.2, -0.15) is 0 Å². The molecule has 0 amide bonds. The number of hydrogen-bond acceptors (Lipinski definition) is 2. The van der Waals surface area contributed by atoms with Gasteiger partial charge in [0.25, 0.3) is 0 Å². The number of aliphatic hydroxyl groups is 1. The molecule has 1 aliphatic carbocycles. The van der Waals surface area contributed by atoms with Crippen molar-refractivity contribution >= 4 is 0 Å². The quantitative estimate of drug-likeness (QED) is 0.729. The molecule has 0 heterocycles. The van der Waals surface area contributed by atoms with Gasteiger partial charge < -0.3 is 9.84 Å². The van der Waals surface area contributed by atoms with Gasteiger partial charge in [0.05, 0.1) is 7.11 Å². The molecular weight excluding hydrogens is 171 g/mol. The predicted molar refractivity (Wildman–Crippen MR) is 48.7 cm³/mol. The first kappa shape index (κ1) is 10.3. The summed E-state index contributed by atoms with van der Waals surface area (Å²) >= 11 is 0. The van der Waals surface area contributed by atoms with Crippen LogP contribution in [-0.4, -0.2) is 18.8 Å². The molecule has 0 fully saturated rings. The van der Waals surface area contributed by atoms with E-state index in [2.05, 4.69) is 0 Å². The Hall–Kier alpha value is -0.830. The molecule has 1 unspecified atom stereocenters. The van der Waals surface area contributed by atoms with E-state index in [4.69, 9.17) is 9.84 Å². The fourth-order valence-corrected chi connectivity index (χ4v) is 1.45. The molecule has 3 heteroatoms. The van der Waals surface area contributed by atoms with Crippen molar-refractivity contribution < 1.29 is 14.2 Å². The van der Waals surface area contributed by atoms with Gasteiger partial charge in [0.15, 0.2) is 5.83 Å². The standard InChI is InChI=1S/C10H15FO2/c1-13-10-5-4-8(3-2-6-12)7-9(10)11/h5,7-8,12H,2-4,6H2,1H3. The van der Waals surface area contributed by atoms with Crippen LogP contribution in [0.1, 0.15) is 19.3 Å². The summed E-state index contributed by atoms with van der Waals surface area (Å²) in [7, 11) is 1.47. The van der Waals surface area contributed by atoms with Crippen molar-refractivity contribution in [1.82, 2.24) is 0 Å². The summed E-state index contributed by atoms with van der Waals surface area (Å²) in [5.74, 6) is 0.267. The zero-order chi connectivity index (χ0) is 9.68. The topological polar surface area (TPSA) is 29.5 Å². The second-order valence-electron chi connectivity index (χ2n) is 3.15. The lowest BCUT2D eigenvalue weighted by Gasteiger charge is -2.16. The SMILES string of the molecule is COC1=CCC(CCCO)C=C1F. The summed E-state index contributed by atoms with van der Waals surface area (Å²) in [5, 5.41) is 8.61. The number of rotatable bonds is 4. The van der Waals surface area contributed by atoms with E-state index in [1.165, 1.54) is 7.11 Å². The Labute approximate surface area is 77.7 Å². The van der Waals surface area contributed by atoms with E-state index in [1.807, 2.05) is 0 Å². The summed E-state index contributed by atoms with van der Waals surface area (Å²) in [6.07, 6.45) is 5.70. The van der Waals surface area contributed by atoms with E-state index < -0.39 is 0 Å². The van der Waals surface area contributed by atoms with E-state index in [1.54, 1.807) is 12.2 Å². The zero-order valence-corrected chi connectivity index (χ0v) is 7.79. The first-order valence-corrected chi connectivity index (χ1v) is 4.50. The second-order valence-corrected chi connectivity index (χ2v) is 3.15. The molecule has 0 aromatic rings. The van der Waals surface area contributed by atoms with Gasteiger partial charge >= 0.3 is 0 Å². The molecule has 0 saturated carbocycles. The highest BCUT2D eigenvalue weighted by atomic mass is 19.1. The predicted octanol–water partition coefficient (Wildman–Crippen LogP) is 2.16. The molecule has 0 aliphatic heterocycles. The fraction of sp³-hybridized carbons (Fsp3) is 0.600. The van der Waals surface area contributed by atoms with Crippen LogP contribution in [0.15, 0.2) is 23.7 Å². The molecule has 1 rings (SSSR count). The highest BCUT2D eigenvalue weighted by molar-refractivity contribution is 5.24. The summed E-state index contributed by atoms with van der Waals surface area (Å²) in [6.45, 7) is 0.173. The van der Waals surface area contributed by atoms with E-state index in [0.29, 0.717) is 5.76 Å². The van der Waals surface area contributed by atoms with Crippen LogP contribution in [0, 0.1) is 5.92 Å². The Bertz CT molecular complexity index is 221. The van der Waals surface area contributed by atoms with Crippen molar-refractivity contribution in [3.8, 4) is 0 Å². The van der Waals surface area contributed by atoms with E-state index in [9.17, 15) is 4.39 Å². The van der Waals surface area contributed by atoms with Gasteiger partial charge in [-0.25, -0.2) is 4.39 Å². The van der Waals surface area contributed by atoms with Gasteiger partial charge in [0.2, 0.25) is 0 Å². The number of hydrogen-bond donors (Lipinski definition) is 1. The summed E-state index contributed by atoms with van der Waals surface area (Å²) in [4.78, 5) is 0. The van der Waals surface area contributed by atoms with Crippen molar-refractivity contribution in [2.45, 2.75) is 19.3 Å². The summed E-state index contributed by atoms with van der Waals surface area (Å²) < 4.78 is 18.0. The minimum absolute atomic E-state index is 0.173. The summed E-state index contributed by atoms with van der Waals surface area (Å²) in [6, 6.07) is 0. The maximum Gasteiger partial charge on any atom is 0.161 e. The monoisotopic (exact) mass is 186 g/mol. The molecule has 0 saturated heterocycles. The Morgan fingerprint density at radius 2 is 2.46 bits per heavy atom. The average molecular weight is 186 g/mol. The van der Waals surface area contributed by atoms with E-state index >= 15 is 0 Å². The van der Waals surface area contributed by atoms with Crippen molar-refractivity contribution in [3.05, 3.63) is 23.7 Å². The van der Waals surface area contributed by atoms with Crippen LogP contribution in [0.2, 0.25) is 0 Å². The average Bonchev–Trinajstić information content (AvgIpc) is 2.15.